The number of carbonyl (C=O) groups is 4. The van der Waals surface area contributed by atoms with E-state index in [4.69, 9.17) is 9.52 Å². The summed E-state index contributed by atoms with van der Waals surface area (Å²) in [6.45, 7) is 1.48. The van der Waals surface area contributed by atoms with Crippen molar-refractivity contribution in [3.63, 3.8) is 0 Å². The van der Waals surface area contributed by atoms with E-state index in [2.05, 4.69) is 10.6 Å². The van der Waals surface area contributed by atoms with Crippen LogP contribution in [0.15, 0.2) is 70.8 Å². The fourth-order valence-corrected chi connectivity index (χ4v) is 3.23. The quantitative estimate of drug-likeness (QED) is 0.394. The first-order chi connectivity index (χ1) is 15.8. The van der Waals surface area contributed by atoms with E-state index in [0.29, 0.717) is 17.0 Å². The fourth-order valence-electron chi connectivity index (χ4n) is 3.23. The van der Waals surface area contributed by atoms with Gasteiger partial charge in [-0.2, -0.15) is 0 Å². The minimum absolute atomic E-state index is 0.0386. The maximum Gasteiger partial charge on any atom is 0.335 e. The molecule has 3 N–H and O–H groups in total. The summed E-state index contributed by atoms with van der Waals surface area (Å²) in [5.41, 5.74) is 2.22. The van der Waals surface area contributed by atoms with Gasteiger partial charge >= 0.3 is 12.0 Å². The van der Waals surface area contributed by atoms with Gasteiger partial charge in [0.05, 0.1) is 5.56 Å². The molecule has 9 heteroatoms. The summed E-state index contributed by atoms with van der Waals surface area (Å²) in [5, 5.41) is 14.2. The number of nitrogens with zero attached hydrogens (tertiary/aromatic N) is 1. The third-order valence-corrected chi connectivity index (χ3v) is 4.91. The molecule has 166 valence electrons. The van der Waals surface area contributed by atoms with Crippen molar-refractivity contribution in [2.75, 3.05) is 11.9 Å². The van der Waals surface area contributed by atoms with Gasteiger partial charge in [0, 0.05) is 17.3 Å². The predicted octanol–water partition coefficient (Wildman–Crippen LogP) is 3.48. The third-order valence-electron chi connectivity index (χ3n) is 4.91. The number of carbonyl (C=O) groups excluding carboxylic acids is 3. The summed E-state index contributed by atoms with van der Waals surface area (Å²) in [6, 6.07) is 15.8. The number of urea groups is 1. The number of aromatic carboxylic acids is 1. The van der Waals surface area contributed by atoms with Gasteiger partial charge in [-0.3, -0.25) is 9.59 Å². The minimum atomic E-state index is -1.06. The third kappa shape index (κ3) is 4.82. The molecule has 0 atom stereocenters. The topological polar surface area (TPSA) is 129 Å². The van der Waals surface area contributed by atoms with E-state index < -0.39 is 30.4 Å². The van der Waals surface area contributed by atoms with Crippen molar-refractivity contribution in [1.82, 2.24) is 10.2 Å². The number of hydrogen-bond donors (Lipinski definition) is 3. The van der Waals surface area contributed by atoms with Crippen molar-refractivity contribution in [2.24, 2.45) is 0 Å². The Labute approximate surface area is 188 Å². The molecule has 0 spiro atoms. The van der Waals surface area contributed by atoms with Crippen LogP contribution in [-0.4, -0.2) is 40.4 Å². The van der Waals surface area contributed by atoms with E-state index in [1.54, 1.807) is 36.4 Å². The molecule has 2 heterocycles. The first kappa shape index (κ1) is 21.6. The zero-order chi connectivity index (χ0) is 23.5. The lowest BCUT2D eigenvalue weighted by atomic mass is 10.1. The molecule has 0 bridgehead atoms. The number of anilines is 1. The molecule has 1 fully saturated rings. The molecule has 1 aromatic heterocycles. The monoisotopic (exact) mass is 445 g/mol. The maximum atomic E-state index is 12.6. The number of imide groups is 1. The van der Waals surface area contributed by atoms with Crippen LogP contribution in [0.25, 0.3) is 17.4 Å². The van der Waals surface area contributed by atoms with Crippen molar-refractivity contribution in [1.29, 1.82) is 0 Å². The molecule has 4 rings (SSSR count). The molecule has 3 aromatic rings. The molecule has 1 aliphatic heterocycles. The number of nitrogens with one attached hydrogen (secondary N) is 2. The Hall–Kier alpha value is -4.66. The zero-order valence-corrected chi connectivity index (χ0v) is 17.5. The van der Waals surface area contributed by atoms with Crippen molar-refractivity contribution >= 4 is 35.6 Å². The highest BCUT2D eigenvalue weighted by atomic mass is 16.4. The van der Waals surface area contributed by atoms with E-state index in [1.165, 1.54) is 18.2 Å². The van der Waals surface area contributed by atoms with Gasteiger partial charge in [-0.05, 0) is 43.3 Å². The Morgan fingerprint density at radius 3 is 2.58 bits per heavy atom. The Balaban J connectivity index is 1.45. The minimum Gasteiger partial charge on any atom is -0.478 e. The molecule has 0 aliphatic carbocycles. The van der Waals surface area contributed by atoms with Gasteiger partial charge in [0.15, 0.2) is 0 Å². The van der Waals surface area contributed by atoms with E-state index in [-0.39, 0.29) is 17.0 Å². The maximum absolute atomic E-state index is 12.6. The number of furan rings is 1. The predicted molar refractivity (Wildman–Crippen MR) is 119 cm³/mol. The molecule has 9 nitrogen and oxygen atoms in total. The highest BCUT2D eigenvalue weighted by molar-refractivity contribution is 6.15. The number of amides is 4. The van der Waals surface area contributed by atoms with Crippen LogP contribution in [0.2, 0.25) is 0 Å². The second-order valence-electron chi connectivity index (χ2n) is 7.38. The Bertz CT molecular complexity index is 1290. The summed E-state index contributed by atoms with van der Waals surface area (Å²) in [5.74, 6) is -1.56. The summed E-state index contributed by atoms with van der Waals surface area (Å²) >= 11 is 0. The van der Waals surface area contributed by atoms with Gasteiger partial charge < -0.3 is 20.2 Å². The Kier molecular flexibility index (Phi) is 5.77. The first-order valence-corrected chi connectivity index (χ1v) is 9.95. The highest BCUT2D eigenvalue weighted by Gasteiger charge is 2.35. The molecule has 1 aliphatic rings. The molecular weight excluding hydrogens is 426 g/mol. The molecule has 4 amide bonds. The molecule has 1 saturated heterocycles. The Morgan fingerprint density at radius 1 is 1.09 bits per heavy atom. The molecule has 0 saturated carbocycles. The standard InChI is InChI=1S/C24H19N3O6/c1-14-5-7-17(8-6-14)25-21(28)13-27-22(29)19(26-24(27)32)12-18-9-10-20(33-18)15-3-2-4-16(11-15)23(30)31/h2-12H,13H2,1H3,(H,25,28)(H,26,32)(H,30,31)/b19-12-. The van der Waals surface area contributed by atoms with Crippen LogP contribution in [0.4, 0.5) is 10.5 Å². The smallest absolute Gasteiger partial charge is 0.335 e. The molecular formula is C24H19N3O6. The largest absolute Gasteiger partial charge is 0.478 e. The van der Waals surface area contributed by atoms with Crippen LogP contribution in [0.1, 0.15) is 21.7 Å². The van der Waals surface area contributed by atoms with Crippen molar-refractivity contribution in [2.45, 2.75) is 6.92 Å². The molecule has 0 radical (unpaired) electrons. The average Bonchev–Trinajstić information content (AvgIpc) is 3.36. The number of rotatable bonds is 6. The molecule has 33 heavy (non-hydrogen) atoms. The van der Waals surface area contributed by atoms with Gasteiger partial charge in [-0.15, -0.1) is 0 Å². The van der Waals surface area contributed by atoms with Crippen LogP contribution in [0, 0.1) is 6.92 Å². The van der Waals surface area contributed by atoms with E-state index >= 15 is 0 Å². The normalized spacial score (nSPS) is 14.5. The van der Waals surface area contributed by atoms with Gasteiger partial charge in [0.2, 0.25) is 5.91 Å². The van der Waals surface area contributed by atoms with Crippen LogP contribution in [0.5, 0.6) is 0 Å². The van der Waals surface area contributed by atoms with Crippen LogP contribution < -0.4 is 10.6 Å². The van der Waals surface area contributed by atoms with Crippen molar-refractivity contribution < 1.29 is 28.7 Å². The van der Waals surface area contributed by atoms with Crippen molar-refractivity contribution in [3.8, 4) is 11.3 Å². The van der Waals surface area contributed by atoms with E-state index in [0.717, 1.165) is 10.5 Å². The SMILES string of the molecule is Cc1ccc(NC(=O)CN2C(=O)N/C(=C\c3ccc(-c4cccc(C(=O)O)c4)o3)C2=O)cc1. The van der Waals surface area contributed by atoms with Gasteiger partial charge in [0.1, 0.15) is 23.8 Å². The number of carboxylic acids is 1. The van der Waals surface area contributed by atoms with Gasteiger partial charge in [-0.25, -0.2) is 14.5 Å². The zero-order valence-electron chi connectivity index (χ0n) is 17.5. The van der Waals surface area contributed by atoms with E-state index in [1.807, 2.05) is 19.1 Å². The van der Waals surface area contributed by atoms with Gasteiger partial charge in [0.25, 0.3) is 5.91 Å². The average molecular weight is 445 g/mol. The number of carboxylic acid groups (broad SMARTS) is 1. The van der Waals surface area contributed by atoms with Crippen molar-refractivity contribution in [3.05, 3.63) is 83.2 Å². The van der Waals surface area contributed by atoms with Crippen LogP contribution >= 0.6 is 0 Å². The van der Waals surface area contributed by atoms with Crippen LogP contribution in [0.3, 0.4) is 0 Å². The lowest BCUT2D eigenvalue weighted by Crippen LogP contribution is -2.38. The number of hydrogen-bond acceptors (Lipinski definition) is 5. The second-order valence-corrected chi connectivity index (χ2v) is 7.38. The fraction of sp³-hybridized carbons (Fsp3) is 0.0833. The second kappa shape index (κ2) is 8.83. The van der Waals surface area contributed by atoms with E-state index in [9.17, 15) is 19.2 Å². The molecule has 0 unspecified atom stereocenters. The number of aryl methyl sites for hydroxylation is 1. The first-order valence-electron chi connectivity index (χ1n) is 9.95. The summed E-state index contributed by atoms with van der Waals surface area (Å²) in [7, 11) is 0. The summed E-state index contributed by atoms with van der Waals surface area (Å²) < 4.78 is 5.68. The van der Waals surface area contributed by atoms with Crippen LogP contribution in [-0.2, 0) is 9.59 Å². The summed E-state index contributed by atoms with van der Waals surface area (Å²) in [4.78, 5) is 49.1. The highest BCUT2D eigenvalue weighted by Crippen LogP contribution is 2.25. The lowest BCUT2D eigenvalue weighted by Gasteiger charge is -2.12. The Morgan fingerprint density at radius 2 is 1.85 bits per heavy atom. The number of benzene rings is 2. The molecule has 2 aromatic carbocycles. The lowest BCUT2D eigenvalue weighted by molar-refractivity contribution is -0.127. The van der Waals surface area contributed by atoms with Gasteiger partial charge in [-0.1, -0.05) is 29.8 Å². The summed E-state index contributed by atoms with van der Waals surface area (Å²) in [6.07, 6.45) is 1.35.